The van der Waals surface area contributed by atoms with Crippen molar-refractivity contribution in [2.24, 2.45) is 0 Å². The zero-order chi connectivity index (χ0) is 15.7. The van der Waals surface area contributed by atoms with E-state index in [1.807, 2.05) is 0 Å². The third-order valence-electron chi connectivity index (χ3n) is 1.97. The van der Waals surface area contributed by atoms with Gasteiger partial charge in [0.15, 0.2) is 5.75 Å². The Morgan fingerprint density at radius 2 is 1.85 bits per heavy atom. The van der Waals surface area contributed by atoms with Gasteiger partial charge in [0.1, 0.15) is 5.56 Å². The summed E-state index contributed by atoms with van der Waals surface area (Å²) in [6.45, 7) is 0. The van der Waals surface area contributed by atoms with Gasteiger partial charge in [-0.1, -0.05) is 15.9 Å². The van der Waals surface area contributed by atoms with E-state index in [-0.39, 0.29) is 0 Å². The number of hydrogen-bond donors (Lipinski definition) is 1. The molecule has 1 N–H and O–H groups in total. The minimum Gasteiger partial charge on any atom is -0.478 e. The number of nitrogens with zero attached hydrogens (tertiary/aromatic N) is 1. The summed E-state index contributed by atoms with van der Waals surface area (Å²) in [5.41, 5.74) is -4.19. The van der Waals surface area contributed by atoms with E-state index in [4.69, 9.17) is 5.11 Å². The number of carbonyl (C=O) groups is 1. The van der Waals surface area contributed by atoms with Crippen molar-refractivity contribution in [2.45, 2.75) is 17.9 Å². The Bertz CT molecular complexity index is 528. The number of ether oxygens (including phenoxy) is 1. The lowest BCUT2D eigenvalue weighted by Gasteiger charge is -2.18. The molecule has 0 atom stereocenters. The van der Waals surface area contributed by atoms with Crippen LogP contribution in [0.25, 0.3) is 0 Å². The minimum absolute atomic E-state index is 0.324. The van der Waals surface area contributed by atoms with Crippen molar-refractivity contribution in [2.75, 3.05) is 0 Å². The van der Waals surface area contributed by atoms with E-state index >= 15 is 0 Å². The summed E-state index contributed by atoms with van der Waals surface area (Å²) < 4.78 is 78.3. The van der Waals surface area contributed by atoms with E-state index in [0.717, 1.165) is 0 Å². The fraction of sp³-hybridized carbons (Fsp3) is 0.333. The van der Waals surface area contributed by atoms with Crippen molar-refractivity contribution in [3.8, 4) is 5.75 Å². The second-order valence-electron chi connectivity index (χ2n) is 3.31. The molecule has 0 bridgehead atoms. The molecule has 1 rings (SSSR count). The van der Waals surface area contributed by atoms with Gasteiger partial charge < -0.3 is 9.84 Å². The summed E-state index contributed by atoms with van der Waals surface area (Å²) in [7, 11) is 0. The number of aromatic nitrogens is 1. The predicted molar refractivity (Wildman–Crippen MR) is 55.5 cm³/mol. The van der Waals surface area contributed by atoms with Crippen LogP contribution in [-0.4, -0.2) is 22.4 Å². The maximum Gasteiger partial charge on any atom is 0.573 e. The SMILES string of the molecule is O=C(O)c1cnc(CBr)c(OC(F)(F)F)c1C(F)(F)F. The van der Waals surface area contributed by atoms with Gasteiger partial charge in [0.05, 0.1) is 11.3 Å². The molecule has 0 aromatic carbocycles. The van der Waals surface area contributed by atoms with Gasteiger partial charge in [-0.3, -0.25) is 4.98 Å². The van der Waals surface area contributed by atoms with Crippen LogP contribution in [0, 0.1) is 0 Å². The summed E-state index contributed by atoms with van der Waals surface area (Å²) in [5.74, 6) is -3.75. The molecule has 112 valence electrons. The first kappa shape index (κ1) is 16.5. The van der Waals surface area contributed by atoms with E-state index in [0.29, 0.717) is 6.20 Å². The molecule has 20 heavy (non-hydrogen) atoms. The molecular formula is C9H4BrF6NO3. The van der Waals surface area contributed by atoms with Crippen molar-refractivity contribution in [1.82, 2.24) is 4.98 Å². The molecule has 0 radical (unpaired) electrons. The maximum absolute atomic E-state index is 12.8. The Morgan fingerprint density at radius 1 is 1.30 bits per heavy atom. The normalized spacial score (nSPS) is 12.3. The molecule has 0 saturated heterocycles. The van der Waals surface area contributed by atoms with Gasteiger partial charge in [-0.25, -0.2) is 4.79 Å². The molecular weight excluding hydrogens is 364 g/mol. The van der Waals surface area contributed by atoms with Crippen molar-refractivity contribution in [3.63, 3.8) is 0 Å². The van der Waals surface area contributed by atoms with E-state index in [1.165, 1.54) is 0 Å². The summed E-state index contributed by atoms with van der Waals surface area (Å²) in [6.07, 6.45) is -10.4. The summed E-state index contributed by atoms with van der Waals surface area (Å²) in [5, 5.41) is 8.14. The Balaban J connectivity index is 3.65. The zero-order valence-corrected chi connectivity index (χ0v) is 10.7. The van der Waals surface area contributed by atoms with Crippen molar-refractivity contribution < 1.29 is 41.0 Å². The lowest BCUT2D eigenvalue weighted by molar-refractivity contribution is -0.276. The lowest BCUT2D eigenvalue weighted by Crippen LogP contribution is -2.24. The second kappa shape index (κ2) is 5.46. The fourth-order valence-corrected chi connectivity index (χ4v) is 1.70. The largest absolute Gasteiger partial charge is 0.573 e. The van der Waals surface area contributed by atoms with Crippen molar-refractivity contribution in [1.29, 1.82) is 0 Å². The Labute approximate surface area is 115 Å². The Hall–Kier alpha value is -1.52. The second-order valence-corrected chi connectivity index (χ2v) is 3.87. The topological polar surface area (TPSA) is 59.4 Å². The third-order valence-corrected chi connectivity index (χ3v) is 2.50. The van der Waals surface area contributed by atoms with Crippen molar-refractivity contribution in [3.05, 3.63) is 23.0 Å². The number of halogens is 7. The molecule has 0 aliphatic heterocycles. The van der Waals surface area contributed by atoms with Crippen LogP contribution in [-0.2, 0) is 11.5 Å². The molecule has 0 fully saturated rings. The number of pyridine rings is 1. The molecule has 4 nitrogen and oxygen atoms in total. The van der Waals surface area contributed by atoms with E-state index in [9.17, 15) is 31.1 Å². The van der Waals surface area contributed by atoms with Crippen molar-refractivity contribution >= 4 is 21.9 Å². The molecule has 0 aliphatic carbocycles. The zero-order valence-electron chi connectivity index (χ0n) is 9.14. The number of rotatable bonds is 3. The first-order chi connectivity index (χ1) is 8.97. The van der Waals surface area contributed by atoms with Gasteiger partial charge in [-0.05, 0) is 0 Å². The van der Waals surface area contributed by atoms with Crippen LogP contribution < -0.4 is 4.74 Å². The smallest absolute Gasteiger partial charge is 0.478 e. The summed E-state index contributed by atoms with van der Waals surface area (Å²) in [6, 6.07) is 0. The highest BCUT2D eigenvalue weighted by molar-refractivity contribution is 9.08. The maximum atomic E-state index is 12.8. The quantitative estimate of drug-likeness (QED) is 0.655. The van der Waals surface area contributed by atoms with E-state index in [2.05, 4.69) is 25.7 Å². The molecule has 0 aliphatic rings. The molecule has 11 heteroatoms. The molecule has 1 aromatic heterocycles. The lowest BCUT2D eigenvalue weighted by atomic mass is 10.1. The van der Waals surface area contributed by atoms with Crippen LogP contribution >= 0.6 is 15.9 Å². The third kappa shape index (κ3) is 3.74. The minimum atomic E-state index is -5.42. The van der Waals surface area contributed by atoms with Gasteiger partial charge >= 0.3 is 18.5 Å². The molecule has 1 aromatic rings. The van der Waals surface area contributed by atoms with Gasteiger partial charge in [-0.15, -0.1) is 13.2 Å². The van der Waals surface area contributed by atoms with Crippen LogP contribution in [0.2, 0.25) is 0 Å². The fourth-order valence-electron chi connectivity index (χ4n) is 1.30. The van der Waals surface area contributed by atoms with Crippen LogP contribution in [0.3, 0.4) is 0 Å². The molecule has 0 amide bonds. The summed E-state index contributed by atoms with van der Waals surface area (Å²) >= 11 is 2.65. The van der Waals surface area contributed by atoms with E-state index < -0.39 is 46.4 Å². The highest BCUT2D eigenvalue weighted by Crippen LogP contribution is 2.42. The average Bonchev–Trinajstić information content (AvgIpc) is 2.24. The van der Waals surface area contributed by atoms with Gasteiger partial charge in [0.25, 0.3) is 0 Å². The number of aromatic carboxylic acids is 1. The number of alkyl halides is 7. The average molecular weight is 368 g/mol. The number of carboxylic acids is 1. The number of hydrogen-bond acceptors (Lipinski definition) is 3. The Kier molecular flexibility index (Phi) is 4.52. The van der Waals surface area contributed by atoms with Crippen LogP contribution in [0.1, 0.15) is 21.6 Å². The standard InChI is InChI=1S/C9H4BrF6NO3/c10-1-4-6(20-9(14,15)16)5(8(11,12)13)3(2-17-4)7(18)19/h2H,1H2,(H,18,19). The van der Waals surface area contributed by atoms with Crippen LogP contribution in [0.15, 0.2) is 6.20 Å². The first-order valence-electron chi connectivity index (χ1n) is 4.61. The molecule has 0 saturated carbocycles. The number of carboxylic acid groups (broad SMARTS) is 1. The highest BCUT2D eigenvalue weighted by atomic mass is 79.9. The predicted octanol–water partition coefficient (Wildman–Crippen LogP) is 3.59. The molecule has 0 spiro atoms. The van der Waals surface area contributed by atoms with Gasteiger partial charge in [0.2, 0.25) is 0 Å². The van der Waals surface area contributed by atoms with E-state index in [1.54, 1.807) is 0 Å². The Morgan fingerprint density at radius 3 is 2.20 bits per heavy atom. The highest BCUT2D eigenvalue weighted by Gasteiger charge is 2.44. The monoisotopic (exact) mass is 367 g/mol. The summed E-state index contributed by atoms with van der Waals surface area (Å²) in [4.78, 5) is 13.9. The molecule has 1 heterocycles. The van der Waals surface area contributed by atoms with Gasteiger partial charge in [0, 0.05) is 11.5 Å². The first-order valence-corrected chi connectivity index (χ1v) is 5.73. The van der Waals surface area contributed by atoms with Gasteiger partial charge in [-0.2, -0.15) is 13.2 Å². The molecule has 0 unspecified atom stereocenters. The van der Waals surface area contributed by atoms with Crippen LogP contribution in [0.4, 0.5) is 26.3 Å². The van der Waals surface area contributed by atoms with Crippen LogP contribution in [0.5, 0.6) is 5.75 Å².